The first-order chi connectivity index (χ1) is 14.1. The van der Waals surface area contributed by atoms with E-state index in [0.29, 0.717) is 41.7 Å². The van der Waals surface area contributed by atoms with E-state index in [1.807, 2.05) is 0 Å². The lowest BCUT2D eigenvalue weighted by molar-refractivity contribution is -0.121. The van der Waals surface area contributed by atoms with E-state index in [9.17, 15) is 14.4 Å². The molecular formula is C20H19N3O6. The summed E-state index contributed by atoms with van der Waals surface area (Å²) in [6.45, 7) is 0.855. The van der Waals surface area contributed by atoms with Crippen molar-refractivity contribution in [2.45, 2.75) is 12.5 Å². The van der Waals surface area contributed by atoms with Gasteiger partial charge in [0, 0.05) is 11.6 Å². The van der Waals surface area contributed by atoms with E-state index in [4.69, 9.17) is 14.2 Å². The first kappa shape index (κ1) is 18.8. The normalized spacial score (nSPS) is 18.0. The van der Waals surface area contributed by atoms with Gasteiger partial charge < -0.3 is 14.2 Å². The summed E-state index contributed by atoms with van der Waals surface area (Å²) in [5.74, 6) is 0.426. The minimum absolute atomic E-state index is 0.0732. The fraction of sp³-hybridized carbons (Fsp3) is 0.250. The first-order valence-corrected chi connectivity index (χ1v) is 9.03. The summed E-state index contributed by atoms with van der Waals surface area (Å²) < 4.78 is 16.0. The Morgan fingerprint density at radius 3 is 2.52 bits per heavy atom. The fourth-order valence-corrected chi connectivity index (χ4v) is 3.15. The average molecular weight is 397 g/mol. The van der Waals surface area contributed by atoms with E-state index in [2.05, 4.69) is 10.9 Å². The summed E-state index contributed by atoms with van der Waals surface area (Å²) in [6, 6.07) is 10.5. The zero-order valence-corrected chi connectivity index (χ0v) is 15.6. The third-order valence-electron chi connectivity index (χ3n) is 4.64. The molecule has 150 valence electrons. The van der Waals surface area contributed by atoms with Crippen LogP contribution in [0.25, 0.3) is 0 Å². The molecule has 2 aromatic carbocycles. The van der Waals surface area contributed by atoms with Crippen LogP contribution in [0.4, 0.5) is 5.69 Å². The van der Waals surface area contributed by atoms with Gasteiger partial charge in [-0.25, -0.2) is 10.3 Å². The lowest BCUT2D eigenvalue weighted by atomic mass is 10.2. The number of amides is 3. The number of carbonyl (C=O) groups is 3. The number of hydrogen-bond acceptors (Lipinski definition) is 7. The summed E-state index contributed by atoms with van der Waals surface area (Å²) in [5.41, 5.74) is 5.91. The van der Waals surface area contributed by atoms with Gasteiger partial charge in [-0.2, -0.15) is 0 Å². The van der Waals surface area contributed by atoms with Crippen LogP contribution in [0.5, 0.6) is 17.2 Å². The molecule has 1 atom stereocenters. The van der Waals surface area contributed by atoms with Crippen LogP contribution >= 0.6 is 0 Å². The molecular weight excluding hydrogens is 378 g/mol. The van der Waals surface area contributed by atoms with Crippen LogP contribution in [-0.4, -0.2) is 44.1 Å². The van der Waals surface area contributed by atoms with Crippen molar-refractivity contribution in [3.63, 3.8) is 0 Å². The second-order valence-corrected chi connectivity index (χ2v) is 6.48. The zero-order valence-electron chi connectivity index (χ0n) is 15.6. The number of rotatable bonds is 5. The number of nitrogens with one attached hydrogen (secondary N) is 2. The number of imide groups is 1. The maximum atomic E-state index is 12.7. The smallest absolute Gasteiger partial charge is 0.265 e. The number of carbonyl (C=O) groups excluding carboxylic acids is 3. The van der Waals surface area contributed by atoms with Crippen LogP contribution < -0.4 is 30.0 Å². The van der Waals surface area contributed by atoms with Crippen LogP contribution in [0, 0.1) is 0 Å². The number of benzene rings is 2. The van der Waals surface area contributed by atoms with Crippen molar-refractivity contribution < 1.29 is 28.6 Å². The van der Waals surface area contributed by atoms with E-state index in [1.165, 1.54) is 7.11 Å². The van der Waals surface area contributed by atoms with Crippen LogP contribution in [0.2, 0.25) is 0 Å². The molecule has 2 heterocycles. The van der Waals surface area contributed by atoms with Crippen molar-refractivity contribution in [3.8, 4) is 17.2 Å². The van der Waals surface area contributed by atoms with Gasteiger partial charge in [-0.15, -0.1) is 0 Å². The average Bonchev–Trinajstić information content (AvgIpc) is 3.04. The Morgan fingerprint density at radius 1 is 1.07 bits per heavy atom. The number of hydrazine groups is 1. The number of fused-ring (bicyclic) bond motifs is 1. The SMILES string of the molecule is COc1ccc(C(=O)NNC2CC(=O)N(c3ccc4c(c3)OCCO4)C2=O)cc1. The second-order valence-electron chi connectivity index (χ2n) is 6.48. The number of anilines is 1. The van der Waals surface area contributed by atoms with Crippen molar-refractivity contribution in [2.24, 2.45) is 0 Å². The van der Waals surface area contributed by atoms with Crippen molar-refractivity contribution in [2.75, 3.05) is 25.2 Å². The molecule has 0 spiro atoms. The number of nitrogens with zero attached hydrogens (tertiary/aromatic N) is 1. The number of ether oxygens (including phenoxy) is 3. The van der Waals surface area contributed by atoms with Gasteiger partial charge >= 0.3 is 0 Å². The summed E-state index contributed by atoms with van der Waals surface area (Å²) in [5, 5.41) is 0. The van der Waals surface area contributed by atoms with Crippen molar-refractivity contribution in [3.05, 3.63) is 48.0 Å². The molecule has 0 aliphatic carbocycles. The highest BCUT2D eigenvalue weighted by Gasteiger charge is 2.40. The standard InChI is InChI=1S/C20H19N3O6/c1-27-14-5-2-12(3-6-14)19(25)22-21-15-11-18(24)23(20(15)26)13-4-7-16-17(10-13)29-9-8-28-16/h2-7,10,15,21H,8-9,11H2,1H3,(H,22,25). The molecule has 0 radical (unpaired) electrons. The zero-order chi connectivity index (χ0) is 20.4. The van der Waals surface area contributed by atoms with Gasteiger partial charge in [-0.05, 0) is 36.4 Å². The molecule has 2 aliphatic heterocycles. The van der Waals surface area contributed by atoms with Crippen molar-refractivity contribution >= 4 is 23.4 Å². The maximum absolute atomic E-state index is 12.7. The monoisotopic (exact) mass is 397 g/mol. The Hall–Kier alpha value is -3.59. The minimum Gasteiger partial charge on any atom is -0.497 e. The highest BCUT2D eigenvalue weighted by molar-refractivity contribution is 6.22. The van der Waals surface area contributed by atoms with Crippen molar-refractivity contribution in [1.82, 2.24) is 10.9 Å². The third-order valence-corrected chi connectivity index (χ3v) is 4.64. The molecule has 1 fully saturated rings. The first-order valence-electron chi connectivity index (χ1n) is 9.03. The van der Waals surface area contributed by atoms with E-state index < -0.39 is 17.9 Å². The summed E-state index contributed by atoms with van der Waals surface area (Å²) in [7, 11) is 1.53. The van der Waals surface area contributed by atoms with Gasteiger partial charge in [-0.1, -0.05) is 0 Å². The Balaban J connectivity index is 1.42. The van der Waals surface area contributed by atoms with Gasteiger partial charge in [0.15, 0.2) is 11.5 Å². The number of hydrogen-bond donors (Lipinski definition) is 2. The van der Waals surface area contributed by atoms with E-state index in [0.717, 1.165) is 4.90 Å². The highest BCUT2D eigenvalue weighted by Crippen LogP contribution is 2.35. The van der Waals surface area contributed by atoms with Crippen LogP contribution in [-0.2, 0) is 9.59 Å². The minimum atomic E-state index is -0.863. The molecule has 3 amide bonds. The van der Waals surface area contributed by atoms with E-state index in [-0.39, 0.29) is 12.3 Å². The van der Waals surface area contributed by atoms with Crippen LogP contribution in [0.3, 0.4) is 0 Å². The molecule has 9 heteroatoms. The van der Waals surface area contributed by atoms with Crippen LogP contribution in [0.1, 0.15) is 16.8 Å². The third kappa shape index (κ3) is 3.72. The second kappa shape index (κ2) is 7.80. The highest BCUT2D eigenvalue weighted by atomic mass is 16.6. The molecule has 2 aliphatic rings. The van der Waals surface area contributed by atoms with Gasteiger partial charge in [0.05, 0.1) is 19.2 Å². The van der Waals surface area contributed by atoms with Crippen LogP contribution in [0.15, 0.2) is 42.5 Å². The Morgan fingerprint density at radius 2 is 1.79 bits per heavy atom. The molecule has 2 aromatic rings. The molecule has 0 aromatic heterocycles. The lowest BCUT2D eigenvalue weighted by Crippen LogP contribution is -2.48. The molecule has 1 unspecified atom stereocenters. The Bertz CT molecular complexity index is 959. The van der Waals surface area contributed by atoms with Gasteiger partial charge in [-0.3, -0.25) is 19.8 Å². The molecule has 2 N–H and O–H groups in total. The largest absolute Gasteiger partial charge is 0.497 e. The van der Waals surface area contributed by atoms with Gasteiger partial charge in [0.25, 0.3) is 11.8 Å². The summed E-state index contributed by atoms with van der Waals surface area (Å²) in [4.78, 5) is 38.5. The topological polar surface area (TPSA) is 106 Å². The Kier molecular flexibility index (Phi) is 5.05. The molecule has 29 heavy (non-hydrogen) atoms. The Labute approximate surface area is 166 Å². The summed E-state index contributed by atoms with van der Waals surface area (Å²) in [6.07, 6.45) is -0.0732. The lowest BCUT2D eigenvalue weighted by Gasteiger charge is -2.21. The van der Waals surface area contributed by atoms with E-state index in [1.54, 1.807) is 42.5 Å². The molecule has 4 rings (SSSR count). The van der Waals surface area contributed by atoms with Gasteiger partial charge in [0.2, 0.25) is 5.91 Å². The fourth-order valence-electron chi connectivity index (χ4n) is 3.15. The maximum Gasteiger partial charge on any atom is 0.265 e. The molecule has 1 saturated heterocycles. The number of methoxy groups -OCH3 is 1. The predicted molar refractivity (Wildman–Crippen MR) is 102 cm³/mol. The van der Waals surface area contributed by atoms with Gasteiger partial charge in [0.1, 0.15) is 25.0 Å². The predicted octanol–water partition coefficient (Wildman–Crippen LogP) is 1.03. The quantitative estimate of drug-likeness (QED) is 0.573. The van der Waals surface area contributed by atoms with Crippen molar-refractivity contribution in [1.29, 1.82) is 0 Å². The molecule has 0 saturated carbocycles. The van der Waals surface area contributed by atoms with E-state index >= 15 is 0 Å². The molecule has 0 bridgehead atoms. The molecule has 9 nitrogen and oxygen atoms in total. The summed E-state index contributed by atoms with van der Waals surface area (Å²) >= 11 is 0.